The first kappa shape index (κ1) is 14.8. The van der Waals surface area contributed by atoms with Gasteiger partial charge in [-0.2, -0.15) is 0 Å². The average molecular weight is 299 g/mol. The molecule has 0 unspecified atom stereocenters. The van der Waals surface area contributed by atoms with Crippen molar-refractivity contribution in [3.05, 3.63) is 17.2 Å². The van der Waals surface area contributed by atoms with Crippen LogP contribution in [0.1, 0.15) is 12.8 Å². The summed E-state index contributed by atoms with van der Waals surface area (Å²) in [6.45, 7) is 1.93. The molecule has 0 radical (unpaired) electrons. The molecule has 1 heterocycles. The number of benzene rings is 1. The summed E-state index contributed by atoms with van der Waals surface area (Å²) in [7, 11) is 3.11. The minimum Gasteiger partial charge on any atom is -0.495 e. The Hall–Kier alpha value is -1.62. The van der Waals surface area contributed by atoms with Crippen LogP contribution in [0.5, 0.6) is 11.5 Å². The number of hydrogen-bond donors (Lipinski definition) is 1. The molecule has 1 saturated heterocycles. The van der Waals surface area contributed by atoms with Crippen molar-refractivity contribution >= 4 is 23.2 Å². The van der Waals surface area contributed by atoms with E-state index in [0.717, 1.165) is 25.9 Å². The van der Waals surface area contributed by atoms with Gasteiger partial charge in [-0.15, -0.1) is 0 Å². The van der Waals surface area contributed by atoms with Crippen molar-refractivity contribution in [3.63, 3.8) is 0 Å². The normalized spacial score (nSPS) is 14.2. The van der Waals surface area contributed by atoms with Crippen molar-refractivity contribution in [1.82, 2.24) is 4.90 Å². The van der Waals surface area contributed by atoms with Crippen LogP contribution in [0, 0.1) is 0 Å². The molecule has 1 amide bonds. The van der Waals surface area contributed by atoms with Crippen LogP contribution in [0.25, 0.3) is 0 Å². The minimum atomic E-state index is 0.0958. The van der Waals surface area contributed by atoms with Crippen LogP contribution in [0.3, 0.4) is 0 Å². The third-order valence-corrected chi connectivity index (χ3v) is 3.66. The summed E-state index contributed by atoms with van der Waals surface area (Å²) in [5.41, 5.74) is 0.696. The van der Waals surface area contributed by atoms with Crippen molar-refractivity contribution in [1.29, 1.82) is 0 Å². The van der Waals surface area contributed by atoms with E-state index in [2.05, 4.69) is 5.32 Å². The number of anilines is 1. The van der Waals surface area contributed by atoms with E-state index in [9.17, 15) is 4.79 Å². The number of nitrogens with one attached hydrogen (secondary N) is 1. The highest BCUT2D eigenvalue weighted by molar-refractivity contribution is 6.32. The number of amides is 1. The Kier molecular flexibility index (Phi) is 4.95. The van der Waals surface area contributed by atoms with Crippen molar-refractivity contribution in [2.75, 3.05) is 39.2 Å². The molecule has 1 N–H and O–H groups in total. The maximum Gasteiger partial charge on any atom is 0.241 e. The number of ether oxygens (including phenoxy) is 2. The van der Waals surface area contributed by atoms with Crippen LogP contribution in [0.15, 0.2) is 12.1 Å². The molecule has 0 spiro atoms. The van der Waals surface area contributed by atoms with Crippen LogP contribution in [0.4, 0.5) is 5.69 Å². The predicted octanol–water partition coefficient (Wildman–Crippen LogP) is 2.39. The van der Waals surface area contributed by atoms with Crippen LogP contribution >= 0.6 is 11.6 Å². The van der Waals surface area contributed by atoms with E-state index >= 15 is 0 Å². The molecule has 0 aromatic heterocycles. The molecule has 6 heteroatoms. The highest BCUT2D eigenvalue weighted by Crippen LogP contribution is 2.35. The second kappa shape index (κ2) is 6.70. The molecule has 110 valence electrons. The fourth-order valence-corrected chi connectivity index (χ4v) is 2.48. The SMILES string of the molecule is COc1cc(NCC(=O)N2CCCC2)c(OC)cc1Cl. The third-order valence-electron chi connectivity index (χ3n) is 3.36. The van der Waals surface area contributed by atoms with Gasteiger partial charge in [-0.1, -0.05) is 11.6 Å². The van der Waals surface area contributed by atoms with E-state index in [1.54, 1.807) is 26.4 Å². The molecule has 1 aliphatic heterocycles. The van der Waals surface area contributed by atoms with Gasteiger partial charge in [-0.3, -0.25) is 4.79 Å². The number of likely N-dealkylation sites (tertiary alicyclic amines) is 1. The van der Waals surface area contributed by atoms with Gasteiger partial charge >= 0.3 is 0 Å². The van der Waals surface area contributed by atoms with Gasteiger partial charge in [0, 0.05) is 25.2 Å². The monoisotopic (exact) mass is 298 g/mol. The lowest BCUT2D eigenvalue weighted by Crippen LogP contribution is -2.33. The summed E-state index contributed by atoms with van der Waals surface area (Å²) in [6, 6.07) is 3.40. The van der Waals surface area contributed by atoms with Crippen LogP contribution < -0.4 is 14.8 Å². The summed E-state index contributed by atoms with van der Waals surface area (Å²) in [5, 5.41) is 3.56. The Morgan fingerprint density at radius 3 is 2.50 bits per heavy atom. The lowest BCUT2D eigenvalue weighted by molar-refractivity contribution is -0.128. The summed E-state index contributed by atoms with van der Waals surface area (Å²) >= 11 is 6.04. The van der Waals surface area contributed by atoms with Crippen molar-refractivity contribution < 1.29 is 14.3 Å². The average Bonchev–Trinajstić information content (AvgIpc) is 2.99. The van der Waals surface area contributed by atoms with Gasteiger partial charge in [0.15, 0.2) is 0 Å². The Balaban J connectivity index is 2.05. The predicted molar refractivity (Wildman–Crippen MR) is 78.9 cm³/mol. The smallest absolute Gasteiger partial charge is 0.241 e. The molecule has 1 aromatic carbocycles. The summed E-state index contributed by atoms with van der Waals surface area (Å²) in [6.07, 6.45) is 2.17. The highest BCUT2D eigenvalue weighted by atomic mass is 35.5. The number of rotatable bonds is 5. The quantitative estimate of drug-likeness (QED) is 0.907. The zero-order valence-corrected chi connectivity index (χ0v) is 12.5. The minimum absolute atomic E-state index is 0.0958. The van der Waals surface area contributed by atoms with Gasteiger partial charge in [0.1, 0.15) is 11.5 Å². The molecule has 1 aromatic rings. The number of nitrogens with zero attached hydrogens (tertiary/aromatic N) is 1. The number of methoxy groups -OCH3 is 2. The molecule has 0 saturated carbocycles. The fraction of sp³-hybridized carbons (Fsp3) is 0.500. The molecule has 1 fully saturated rings. The van der Waals surface area contributed by atoms with E-state index in [0.29, 0.717) is 22.2 Å². The van der Waals surface area contributed by atoms with Gasteiger partial charge in [0.05, 0.1) is 31.5 Å². The molecule has 0 atom stereocenters. The number of hydrogen-bond acceptors (Lipinski definition) is 4. The van der Waals surface area contributed by atoms with Crippen LogP contribution in [-0.4, -0.2) is 44.7 Å². The van der Waals surface area contributed by atoms with Gasteiger partial charge in [0.2, 0.25) is 5.91 Å². The summed E-state index contributed by atoms with van der Waals surface area (Å²) < 4.78 is 10.4. The molecule has 20 heavy (non-hydrogen) atoms. The third kappa shape index (κ3) is 3.28. The number of halogens is 1. The lowest BCUT2D eigenvalue weighted by atomic mass is 10.2. The van der Waals surface area contributed by atoms with Gasteiger partial charge in [-0.25, -0.2) is 0 Å². The second-order valence-electron chi connectivity index (χ2n) is 4.63. The van der Waals surface area contributed by atoms with E-state index in [1.165, 1.54) is 0 Å². The summed E-state index contributed by atoms with van der Waals surface area (Å²) in [4.78, 5) is 13.9. The second-order valence-corrected chi connectivity index (χ2v) is 5.04. The Labute approximate surface area is 123 Å². The Morgan fingerprint density at radius 2 is 1.90 bits per heavy atom. The maximum absolute atomic E-state index is 12.0. The molecule has 0 aliphatic carbocycles. The van der Waals surface area contributed by atoms with Gasteiger partial charge in [0.25, 0.3) is 0 Å². The van der Waals surface area contributed by atoms with Crippen LogP contribution in [0.2, 0.25) is 5.02 Å². The summed E-state index contributed by atoms with van der Waals surface area (Å²) in [5.74, 6) is 1.23. The Bertz CT molecular complexity index is 488. The highest BCUT2D eigenvalue weighted by Gasteiger charge is 2.18. The molecule has 0 bridgehead atoms. The van der Waals surface area contributed by atoms with E-state index in [1.807, 2.05) is 4.90 Å². The number of carbonyl (C=O) groups is 1. The first-order valence-corrected chi connectivity index (χ1v) is 6.96. The van der Waals surface area contributed by atoms with Gasteiger partial charge < -0.3 is 19.7 Å². The van der Waals surface area contributed by atoms with E-state index < -0.39 is 0 Å². The zero-order valence-electron chi connectivity index (χ0n) is 11.7. The zero-order chi connectivity index (χ0) is 14.5. The van der Waals surface area contributed by atoms with Crippen molar-refractivity contribution in [3.8, 4) is 11.5 Å². The van der Waals surface area contributed by atoms with Gasteiger partial charge in [-0.05, 0) is 12.8 Å². The largest absolute Gasteiger partial charge is 0.495 e. The number of carbonyl (C=O) groups excluding carboxylic acids is 1. The van der Waals surface area contributed by atoms with E-state index in [-0.39, 0.29) is 12.5 Å². The maximum atomic E-state index is 12.0. The first-order chi connectivity index (χ1) is 9.65. The lowest BCUT2D eigenvalue weighted by Gasteiger charge is -2.17. The van der Waals surface area contributed by atoms with Crippen molar-refractivity contribution in [2.45, 2.75) is 12.8 Å². The molecular weight excluding hydrogens is 280 g/mol. The topological polar surface area (TPSA) is 50.8 Å². The molecule has 1 aliphatic rings. The molecular formula is C14H19ClN2O3. The van der Waals surface area contributed by atoms with E-state index in [4.69, 9.17) is 21.1 Å². The standard InChI is InChI=1S/C14H19ClN2O3/c1-19-12-8-11(13(20-2)7-10(12)15)16-9-14(18)17-5-3-4-6-17/h7-8,16H,3-6,9H2,1-2H3. The molecule has 2 rings (SSSR count). The fourth-order valence-electron chi connectivity index (χ4n) is 2.25. The van der Waals surface area contributed by atoms with Crippen LogP contribution in [-0.2, 0) is 4.79 Å². The Morgan fingerprint density at radius 1 is 1.25 bits per heavy atom. The van der Waals surface area contributed by atoms with Crippen molar-refractivity contribution in [2.24, 2.45) is 0 Å². The molecule has 5 nitrogen and oxygen atoms in total. The first-order valence-electron chi connectivity index (χ1n) is 6.59.